The maximum absolute atomic E-state index is 12.4. The fourth-order valence-electron chi connectivity index (χ4n) is 2.21. The van der Waals surface area contributed by atoms with Crippen LogP contribution in [0.25, 0.3) is 11.0 Å². The molecule has 0 aliphatic rings. The normalized spacial score (nSPS) is 11.7. The Balaban J connectivity index is 2.30. The third-order valence-corrected chi connectivity index (χ3v) is 4.35. The molecule has 1 aromatic carbocycles. The molecular formula is C17H21NO4. The lowest BCUT2D eigenvalue weighted by atomic mass is 10.0. The van der Waals surface area contributed by atoms with E-state index in [4.69, 9.17) is 4.42 Å². The average Bonchev–Trinajstić information content (AvgIpc) is 2.80. The summed E-state index contributed by atoms with van der Waals surface area (Å²) in [5.74, 6) is -1.29. The van der Waals surface area contributed by atoms with Crippen molar-refractivity contribution in [3.63, 3.8) is 0 Å². The summed E-state index contributed by atoms with van der Waals surface area (Å²) in [7, 11) is 1.51. The summed E-state index contributed by atoms with van der Waals surface area (Å²) in [6.07, 6.45) is 1.69. The molecule has 0 unspecified atom stereocenters. The quantitative estimate of drug-likeness (QED) is 0.942. The van der Waals surface area contributed by atoms with Crippen molar-refractivity contribution in [2.75, 3.05) is 7.05 Å². The lowest BCUT2D eigenvalue weighted by Crippen LogP contribution is -2.51. The number of nitrogens with zero attached hydrogens (tertiary/aromatic N) is 1. The van der Waals surface area contributed by atoms with Gasteiger partial charge in [-0.25, -0.2) is 4.79 Å². The zero-order chi connectivity index (χ0) is 16.7. The Kier molecular flexibility index (Phi) is 4.00. The van der Waals surface area contributed by atoms with Crippen molar-refractivity contribution < 1.29 is 19.1 Å². The van der Waals surface area contributed by atoms with Crippen molar-refractivity contribution in [3.8, 4) is 0 Å². The van der Waals surface area contributed by atoms with Gasteiger partial charge in [-0.2, -0.15) is 0 Å². The molecule has 2 rings (SSSR count). The molecule has 0 bridgehead atoms. The van der Waals surface area contributed by atoms with Gasteiger partial charge in [0.05, 0.1) is 12.7 Å². The van der Waals surface area contributed by atoms with Crippen molar-refractivity contribution in [2.45, 2.75) is 39.7 Å². The fraction of sp³-hybridized carbons (Fsp3) is 0.412. The van der Waals surface area contributed by atoms with E-state index in [1.54, 1.807) is 6.26 Å². The Hall–Kier alpha value is -2.30. The minimum atomic E-state index is -1.25. The van der Waals surface area contributed by atoms with Gasteiger partial charge < -0.3 is 14.4 Å². The van der Waals surface area contributed by atoms with Gasteiger partial charge in [-0.15, -0.1) is 0 Å². The molecule has 1 aromatic heterocycles. The van der Waals surface area contributed by atoms with Gasteiger partial charge in [0, 0.05) is 18.0 Å². The number of rotatable bonds is 4. The molecule has 0 saturated heterocycles. The Morgan fingerprint density at radius 2 is 1.82 bits per heavy atom. The number of furan rings is 1. The molecule has 1 heterocycles. The molecule has 0 atom stereocenters. The molecule has 5 nitrogen and oxygen atoms in total. The highest BCUT2D eigenvalue weighted by Gasteiger charge is 2.35. The van der Waals surface area contributed by atoms with Crippen LogP contribution in [0.2, 0.25) is 0 Å². The third-order valence-electron chi connectivity index (χ3n) is 4.35. The number of aliphatic carboxylic acids is 1. The maximum atomic E-state index is 12.4. The molecule has 0 fully saturated rings. The molecule has 0 aliphatic carbocycles. The lowest BCUT2D eigenvalue weighted by Gasteiger charge is -2.31. The smallest absolute Gasteiger partial charge is 0.329 e. The fourth-order valence-corrected chi connectivity index (χ4v) is 2.21. The number of carbonyl (C=O) groups is 2. The Morgan fingerprint density at radius 3 is 2.41 bits per heavy atom. The maximum Gasteiger partial charge on any atom is 0.329 e. The second-order valence-corrected chi connectivity index (χ2v) is 6.19. The number of likely N-dealkylation sites (N-methyl/N-ethyl adjacent to an activating group) is 1. The summed E-state index contributed by atoms with van der Waals surface area (Å²) >= 11 is 0. The van der Waals surface area contributed by atoms with Crippen molar-refractivity contribution in [3.05, 3.63) is 35.1 Å². The summed E-state index contributed by atoms with van der Waals surface area (Å²) < 4.78 is 5.51. The van der Waals surface area contributed by atoms with Crippen LogP contribution in [0, 0.1) is 13.8 Å². The first-order valence-electron chi connectivity index (χ1n) is 7.12. The molecule has 2 aromatic rings. The van der Waals surface area contributed by atoms with E-state index in [2.05, 4.69) is 0 Å². The molecule has 0 aliphatic heterocycles. The topological polar surface area (TPSA) is 70.8 Å². The van der Waals surface area contributed by atoms with Gasteiger partial charge >= 0.3 is 5.97 Å². The summed E-state index contributed by atoms with van der Waals surface area (Å²) in [4.78, 5) is 24.9. The number of benzene rings is 1. The molecule has 1 amide bonds. The molecular weight excluding hydrogens is 282 g/mol. The van der Waals surface area contributed by atoms with Crippen LogP contribution in [-0.2, 0) is 16.0 Å². The van der Waals surface area contributed by atoms with E-state index in [0.717, 1.165) is 27.7 Å². The van der Waals surface area contributed by atoms with Crippen LogP contribution in [-0.4, -0.2) is 34.5 Å². The van der Waals surface area contributed by atoms with E-state index in [0.29, 0.717) is 0 Å². The second kappa shape index (κ2) is 5.48. The third kappa shape index (κ3) is 2.71. The molecule has 0 radical (unpaired) electrons. The van der Waals surface area contributed by atoms with Crippen LogP contribution in [0.15, 0.2) is 22.8 Å². The van der Waals surface area contributed by atoms with Crippen LogP contribution in [0.3, 0.4) is 0 Å². The number of hydrogen-bond acceptors (Lipinski definition) is 3. The highest BCUT2D eigenvalue weighted by molar-refractivity contribution is 5.91. The first-order valence-corrected chi connectivity index (χ1v) is 7.12. The number of carbonyl (C=O) groups excluding carboxylic acids is 1. The van der Waals surface area contributed by atoms with Gasteiger partial charge in [0.15, 0.2) is 0 Å². The van der Waals surface area contributed by atoms with Crippen LogP contribution in [0.4, 0.5) is 0 Å². The first kappa shape index (κ1) is 16.1. The van der Waals surface area contributed by atoms with Crippen molar-refractivity contribution in [1.82, 2.24) is 4.90 Å². The zero-order valence-electron chi connectivity index (χ0n) is 13.6. The van der Waals surface area contributed by atoms with E-state index < -0.39 is 11.5 Å². The van der Waals surface area contributed by atoms with Crippen molar-refractivity contribution >= 4 is 22.8 Å². The molecule has 0 saturated carbocycles. The minimum Gasteiger partial charge on any atom is -0.480 e. The second-order valence-electron chi connectivity index (χ2n) is 6.19. The highest BCUT2D eigenvalue weighted by atomic mass is 16.4. The monoisotopic (exact) mass is 303 g/mol. The van der Waals surface area contributed by atoms with Crippen LogP contribution >= 0.6 is 0 Å². The standard InChI is InChI=1S/C17H21NO4/c1-10-6-13-12(9-22-14(13)7-11(10)2)8-15(19)18(5)17(3,4)16(20)21/h6-7,9H,8H2,1-5H3,(H,20,21). The molecule has 22 heavy (non-hydrogen) atoms. The molecule has 0 spiro atoms. The summed E-state index contributed by atoms with van der Waals surface area (Å²) in [5.41, 5.74) is 2.52. The van der Waals surface area contributed by atoms with Crippen molar-refractivity contribution in [2.24, 2.45) is 0 Å². The highest BCUT2D eigenvalue weighted by Crippen LogP contribution is 2.26. The van der Waals surface area contributed by atoms with Crippen LogP contribution in [0.1, 0.15) is 30.5 Å². The number of carboxylic acids is 1. The largest absolute Gasteiger partial charge is 0.480 e. The molecule has 1 N–H and O–H groups in total. The van der Waals surface area contributed by atoms with Crippen LogP contribution < -0.4 is 0 Å². The van der Waals surface area contributed by atoms with Gasteiger partial charge in [-0.3, -0.25) is 4.79 Å². The lowest BCUT2D eigenvalue weighted by molar-refractivity contribution is -0.155. The van der Waals surface area contributed by atoms with Gasteiger partial charge in [0.1, 0.15) is 11.1 Å². The van der Waals surface area contributed by atoms with Gasteiger partial charge in [-0.05, 0) is 51.0 Å². The Labute approximate surface area is 129 Å². The molecule has 118 valence electrons. The number of amides is 1. The van der Waals surface area contributed by atoms with E-state index >= 15 is 0 Å². The predicted octanol–water partition coefficient (Wildman–Crippen LogP) is 2.91. The average molecular weight is 303 g/mol. The number of aryl methyl sites for hydroxylation is 2. The minimum absolute atomic E-state index is 0.114. The summed E-state index contributed by atoms with van der Waals surface area (Å²) in [5, 5.41) is 10.1. The SMILES string of the molecule is Cc1cc2occ(CC(=O)N(C)C(C)(C)C(=O)O)c2cc1C. The van der Waals surface area contributed by atoms with E-state index in [1.165, 1.54) is 25.8 Å². The first-order chi connectivity index (χ1) is 10.1. The van der Waals surface area contributed by atoms with E-state index in [9.17, 15) is 14.7 Å². The van der Waals surface area contributed by atoms with Crippen molar-refractivity contribution in [1.29, 1.82) is 0 Å². The number of carboxylic acid groups (broad SMARTS) is 1. The number of hydrogen-bond donors (Lipinski definition) is 1. The van der Waals surface area contributed by atoms with Crippen LogP contribution in [0.5, 0.6) is 0 Å². The van der Waals surface area contributed by atoms with E-state index in [-0.39, 0.29) is 12.3 Å². The van der Waals surface area contributed by atoms with Gasteiger partial charge in [-0.1, -0.05) is 0 Å². The zero-order valence-corrected chi connectivity index (χ0v) is 13.6. The predicted molar refractivity (Wildman–Crippen MR) is 83.9 cm³/mol. The van der Waals surface area contributed by atoms with E-state index in [1.807, 2.05) is 26.0 Å². The number of fused-ring (bicyclic) bond motifs is 1. The van der Waals surface area contributed by atoms with Gasteiger partial charge in [0.25, 0.3) is 0 Å². The van der Waals surface area contributed by atoms with Gasteiger partial charge in [0.2, 0.25) is 5.91 Å². The summed E-state index contributed by atoms with van der Waals surface area (Å²) in [6, 6.07) is 3.95. The molecule has 5 heteroatoms. The Morgan fingerprint density at radius 1 is 1.23 bits per heavy atom. The Bertz CT molecular complexity index is 742. The summed E-state index contributed by atoms with van der Waals surface area (Å²) in [6.45, 7) is 7.03.